The fourth-order valence-electron chi connectivity index (χ4n) is 2.77. The van der Waals surface area contributed by atoms with E-state index in [1.807, 2.05) is 0 Å². The maximum absolute atomic E-state index is 6.97. The lowest BCUT2D eigenvalue weighted by Gasteiger charge is -2.46. The van der Waals surface area contributed by atoms with Crippen molar-refractivity contribution in [1.82, 2.24) is 9.80 Å². The van der Waals surface area contributed by atoms with Gasteiger partial charge in [-0.05, 0) is 33.6 Å². The smallest absolute Gasteiger partial charge is 0.248 e. The lowest BCUT2D eigenvalue weighted by molar-refractivity contribution is 0.0282. The summed E-state index contributed by atoms with van der Waals surface area (Å²) < 4.78 is 0. The van der Waals surface area contributed by atoms with Gasteiger partial charge < -0.3 is 4.85 Å². The van der Waals surface area contributed by atoms with E-state index in [1.54, 1.807) is 0 Å². The number of hydrogen-bond acceptors (Lipinski definition) is 2. The van der Waals surface area contributed by atoms with Gasteiger partial charge in [0.05, 0.1) is 13.1 Å². The zero-order valence-electron chi connectivity index (χ0n) is 10.7. The molecule has 0 aromatic carbocycles. The van der Waals surface area contributed by atoms with Gasteiger partial charge in [-0.3, -0.25) is 9.80 Å². The molecule has 2 saturated heterocycles. The predicted molar refractivity (Wildman–Crippen MR) is 66.3 cm³/mol. The molecule has 0 radical (unpaired) electrons. The number of likely N-dealkylation sites (tertiary alicyclic amines) is 2. The van der Waals surface area contributed by atoms with Gasteiger partial charge in [0.15, 0.2) is 0 Å². The van der Waals surface area contributed by atoms with Crippen LogP contribution in [0.25, 0.3) is 4.85 Å². The van der Waals surface area contributed by atoms with Crippen molar-refractivity contribution in [3.63, 3.8) is 0 Å². The van der Waals surface area contributed by atoms with Crippen LogP contribution < -0.4 is 0 Å². The second-order valence-corrected chi connectivity index (χ2v) is 6.13. The zero-order valence-corrected chi connectivity index (χ0v) is 10.7. The molecule has 3 nitrogen and oxygen atoms in total. The Bertz CT molecular complexity index is 273. The van der Waals surface area contributed by atoms with E-state index in [0.717, 1.165) is 19.1 Å². The van der Waals surface area contributed by atoms with Crippen LogP contribution in [0.15, 0.2) is 0 Å². The minimum absolute atomic E-state index is 0.292. The largest absolute Gasteiger partial charge is 0.311 e. The second-order valence-electron chi connectivity index (χ2n) is 6.13. The van der Waals surface area contributed by atoms with Crippen LogP contribution in [0.3, 0.4) is 0 Å². The third-order valence-electron chi connectivity index (χ3n) is 4.00. The highest BCUT2D eigenvalue weighted by atomic mass is 15.3. The molecule has 2 fully saturated rings. The third kappa shape index (κ3) is 2.39. The Balaban J connectivity index is 1.77. The Hall–Kier alpha value is -0.590. The molecule has 2 heterocycles. The van der Waals surface area contributed by atoms with E-state index in [-0.39, 0.29) is 0 Å². The minimum atomic E-state index is 0.292. The first-order valence-electron chi connectivity index (χ1n) is 6.36. The molecule has 2 aliphatic heterocycles. The van der Waals surface area contributed by atoms with Crippen LogP contribution >= 0.6 is 0 Å². The lowest BCUT2D eigenvalue weighted by atomic mass is 9.94. The van der Waals surface area contributed by atoms with Crippen molar-refractivity contribution in [3.05, 3.63) is 11.4 Å². The highest BCUT2D eigenvalue weighted by Gasteiger charge is 2.38. The second kappa shape index (κ2) is 4.35. The van der Waals surface area contributed by atoms with Crippen molar-refractivity contribution < 1.29 is 0 Å². The fraction of sp³-hybridized carbons (Fsp3) is 0.923. The first kappa shape index (κ1) is 11.9. The molecule has 0 bridgehead atoms. The topological polar surface area (TPSA) is 10.8 Å². The maximum Gasteiger partial charge on any atom is 0.248 e. The highest BCUT2D eigenvalue weighted by Crippen LogP contribution is 2.26. The Labute approximate surface area is 99.2 Å². The third-order valence-corrected chi connectivity index (χ3v) is 4.00. The number of piperidine rings is 1. The lowest BCUT2D eigenvalue weighted by Crippen LogP contribution is -2.58. The molecule has 0 saturated carbocycles. The zero-order chi connectivity index (χ0) is 11.8. The molecule has 2 aliphatic rings. The summed E-state index contributed by atoms with van der Waals surface area (Å²) in [5, 5.41) is 0. The van der Waals surface area contributed by atoms with Gasteiger partial charge in [0.1, 0.15) is 0 Å². The van der Waals surface area contributed by atoms with Crippen molar-refractivity contribution in [2.24, 2.45) is 0 Å². The first-order valence-corrected chi connectivity index (χ1v) is 6.36. The van der Waals surface area contributed by atoms with Gasteiger partial charge in [-0.25, -0.2) is 6.57 Å². The number of hydrogen-bond donors (Lipinski definition) is 0. The van der Waals surface area contributed by atoms with Gasteiger partial charge in [-0.1, -0.05) is 0 Å². The molecule has 0 atom stereocenters. The van der Waals surface area contributed by atoms with Crippen molar-refractivity contribution in [1.29, 1.82) is 0 Å². The van der Waals surface area contributed by atoms with E-state index in [1.165, 1.54) is 25.9 Å². The molecule has 90 valence electrons. The molecule has 0 aromatic rings. The van der Waals surface area contributed by atoms with E-state index in [4.69, 9.17) is 6.57 Å². The molecule has 0 unspecified atom stereocenters. The van der Waals surface area contributed by atoms with Crippen LogP contribution in [-0.4, -0.2) is 53.6 Å². The summed E-state index contributed by atoms with van der Waals surface area (Å²) in [4.78, 5) is 8.67. The Morgan fingerprint density at radius 3 is 2.12 bits per heavy atom. The van der Waals surface area contributed by atoms with E-state index in [0.29, 0.717) is 11.6 Å². The van der Waals surface area contributed by atoms with Crippen molar-refractivity contribution in [2.75, 3.05) is 26.2 Å². The maximum atomic E-state index is 6.97. The van der Waals surface area contributed by atoms with Crippen molar-refractivity contribution >= 4 is 0 Å². The molecule has 0 aliphatic carbocycles. The monoisotopic (exact) mass is 221 g/mol. The van der Waals surface area contributed by atoms with E-state index in [9.17, 15) is 0 Å². The molecule has 2 rings (SSSR count). The summed E-state index contributed by atoms with van der Waals surface area (Å²) in [5.74, 6) is 0. The first-order chi connectivity index (χ1) is 7.50. The van der Waals surface area contributed by atoms with Gasteiger partial charge in [-0.15, -0.1) is 0 Å². The van der Waals surface area contributed by atoms with Gasteiger partial charge in [0.2, 0.25) is 6.04 Å². The fourth-order valence-corrected chi connectivity index (χ4v) is 2.77. The van der Waals surface area contributed by atoms with E-state index in [2.05, 4.69) is 35.4 Å². The Kier molecular flexibility index (Phi) is 3.23. The van der Waals surface area contributed by atoms with E-state index >= 15 is 0 Å². The SMILES string of the molecule is [C-]#[N+]C1CN(C2CCN(C(C)(C)C)CC2)C1. The van der Waals surface area contributed by atoms with Gasteiger partial charge in [-0.2, -0.15) is 0 Å². The predicted octanol–water partition coefficient (Wildman–Crippen LogP) is 1.85. The Morgan fingerprint density at radius 1 is 1.12 bits per heavy atom. The quantitative estimate of drug-likeness (QED) is 0.626. The molecule has 0 spiro atoms. The van der Waals surface area contributed by atoms with Crippen molar-refractivity contribution in [2.45, 2.75) is 51.2 Å². The molecule has 16 heavy (non-hydrogen) atoms. The average Bonchev–Trinajstić information content (AvgIpc) is 2.15. The van der Waals surface area contributed by atoms with Crippen LogP contribution in [0, 0.1) is 6.57 Å². The molecule has 0 aromatic heterocycles. The molecule has 0 amide bonds. The minimum Gasteiger partial charge on any atom is -0.311 e. The van der Waals surface area contributed by atoms with Crippen LogP contribution in [0.1, 0.15) is 33.6 Å². The summed E-state index contributed by atoms with van der Waals surface area (Å²) in [6.45, 7) is 18.3. The summed E-state index contributed by atoms with van der Waals surface area (Å²) in [6, 6.07) is 1.04. The summed E-state index contributed by atoms with van der Waals surface area (Å²) in [5.41, 5.74) is 0.318. The molecule has 0 N–H and O–H groups in total. The van der Waals surface area contributed by atoms with Crippen LogP contribution in [0.5, 0.6) is 0 Å². The van der Waals surface area contributed by atoms with Crippen LogP contribution in [-0.2, 0) is 0 Å². The average molecular weight is 221 g/mol. The highest BCUT2D eigenvalue weighted by molar-refractivity contribution is 4.98. The van der Waals surface area contributed by atoms with Gasteiger partial charge in [0.25, 0.3) is 0 Å². The number of nitrogens with zero attached hydrogens (tertiary/aromatic N) is 3. The molecular weight excluding hydrogens is 198 g/mol. The molecule has 3 heteroatoms. The normalized spacial score (nSPS) is 26.4. The summed E-state index contributed by atoms with van der Waals surface area (Å²) >= 11 is 0. The Morgan fingerprint density at radius 2 is 1.69 bits per heavy atom. The van der Waals surface area contributed by atoms with Gasteiger partial charge in [0, 0.05) is 24.7 Å². The molecular formula is C13H23N3. The summed E-state index contributed by atoms with van der Waals surface area (Å²) in [6.07, 6.45) is 2.56. The van der Waals surface area contributed by atoms with Gasteiger partial charge >= 0.3 is 0 Å². The number of rotatable bonds is 1. The van der Waals surface area contributed by atoms with Crippen LogP contribution in [0.2, 0.25) is 0 Å². The standard InChI is InChI=1S/C13H23N3/c1-13(2,3)16-7-5-12(6-8-16)15-9-11(10-15)14-4/h11-12H,5-10H2,1-3H3. The van der Waals surface area contributed by atoms with Crippen LogP contribution in [0.4, 0.5) is 0 Å². The van der Waals surface area contributed by atoms with Crippen molar-refractivity contribution in [3.8, 4) is 0 Å². The summed E-state index contributed by atoms with van der Waals surface area (Å²) in [7, 11) is 0. The van der Waals surface area contributed by atoms with E-state index < -0.39 is 0 Å².